The van der Waals surface area contributed by atoms with E-state index in [1.807, 2.05) is 35.0 Å². The van der Waals surface area contributed by atoms with Crippen LogP contribution in [-0.4, -0.2) is 8.89 Å². The van der Waals surface area contributed by atoms with Gasteiger partial charge in [-0.1, -0.05) is 20.3 Å². The van der Waals surface area contributed by atoms with E-state index in [0.717, 1.165) is 15.4 Å². The average molecular weight is 271 g/mol. The number of hydrogen-bond donors (Lipinski definition) is 0. The molecule has 0 fully saturated rings. The smallest absolute Gasteiger partial charge is 0.0512 e. The van der Waals surface area contributed by atoms with E-state index in [1.165, 1.54) is 0 Å². The number of thiocarbonyl (C=S) groups is 1. The zero-order chi connectivity index (χ0) is 9.42. The van der Waals surface area contributed by atoms with Crippen LogP contribution in [0, 0.1) is 0 Å². The van der Waals surface area contributed by atoms with Crippen LogP contribution in [0.5, 0.6) is 0 Å². The zero-order valence-electron chi connectivity index (χ0n) is 6.53. The number of benzene rings is 1. The summed E-state index contributed by atoms with van der Waals surface area (Å²) in [5.41, 5.74) is 1.06. The van der Waals surface area contributed by atoms with Crippen molar-refractivity contribution >= 4 is 56.0 Å². The fourth-order valence-electron chi connectivity index (χ4n) is 1.27. The number of rotatable bonds is 0. The molecule has 0 bridgehead atoms. The molecule has 0 radical (unpaired) electrons. The highest BCUT2D eigenvalue weighted by atomic mass is 79.9. The number of nitrogens with zero attached hydrogens (tertiary/aromatic N) is 1. The Bertz CT molecular complexity index is 475. The largest absolute Gasteiger partial charge is 0.411 e. The lowest BCUT2D eigenvalue weighted by Crippen LogP contribution is -2.01. The molecule has 13 heavy (non-hydrogen) atoms. The highest BCUT2D eigenvalue weighted by Crippen LogP contribution is 2.20. The monoisotopic (exact) mass is 270 g/mol. The predicted octanol–water partition coefficient (Wildman–Crippen LogP) is 3.08. The van der Waals surface area contributed by atoms with E-state index >= 15 is 0 Å². The molecule has 2 rings (SSSR count). The summed E-state index contributed by atoms with van der Waals surface area (Å²) in [7, 11) is 0. The van der Waals surface area contributed by atoms with Crippen LogP contribution in [0.4, 0.5) is 0 Å². The molecule has 0 saturated heterocycles. The molecule has 0 atom stereocenters. The van der Waals surface area contributed by atoms with Gasteiger partial charge in [0.1, 0.15) is 0 Å². The van der Waals surface area contributed by atoms with E-state index in [4.69, 9.17) is 24.8 Å². The van der Waals surface area contributed by atoms with Gasteiger partial charge in [0.05, 0.1) is 5.52 Å². The summed E-state index contributed by atoms with van der Waals surface area (Å²) in [6.45, 7) is 0. The molecule has 1 aromatic carbocycles. The summed E-state index contributed by atoms with van der Waals surface area (Å²) in [6, 6.07) is 8.02. The van der Waals surface area contributed by atoms with E-state index in [1.54, 1.807) is 0 Å². The highest BCUT2D eigenvalue weighted by molar-refractivity contribution is 9.10. The lowest BCUT2D eigenvalue weighted by atomic mass is 10.2. The van der Waals surface area contributed by atoms with Crippen LogP contribution in [0.2, 0.25) is 0 Å². The van der Waals surface area contributed by atoms with Gasteiger partial charge in [0.15, 0.2) is 0 Å². The Morgan fingerprint density at radius 2 is 2.15 bits per heavy atom. The summed E-state index contributed by atoms with van der Waals surface area (Å²) in [5.74, 6) is 0. The minimum absolute atomic E-state index is 0.456. The van der Waals surface area contributed by atoms with Crippen molar-refractivity contribution in [2.75, 3.05) is 0 Å². The van der Waals surface area contributed by atoms with Crippen molar-refractivity contribution in [2.45, 2.75) is 0 Å². The number of aromatic nitrogens is 1. The number of halogens is 1. The van der Waals surface area contributed by atoms with Gasteiger partial charge in [-0.2, -0.15) is 0 Å². The van der Waals surface area contributed by atoms with E-state index in [9.17, 15) is 0 Å². The molecule has 2 aromatic rings. The van der Waals surface area contributed by atoms with Gasteiger partial charge >= 0.3 is 0 Å². The van der Waals surface area contributed by atoms with Crippen molar-refractivity contribution in [2.24, 2.45) is 0 Å². The van der Waals surface area contributed by atoms with Gasteiger partial charge in [-0.15, -0.1) is 0 Å². The van der Waals surface area contributed by atoms with Gasteiger partial charge in [-0.05, 0) is 24.3 Å². The lowest BCUT2D eigenvalue weighted by molar-refractivity contribution is 1.28. The Morgan fingerprint density at radius 1 is 1.38 bits per heavy atom. The topological polar surface area (TPSA) is 4.93 Å². The first-order chi connectivity index (χ1) is 6.18. The van der Waals surface area contributed by atoms with Gasteiger partial charge < -0.3 is 29.4 Å². The average Bonchev–Trinajstić information content (AvgIpc) is 2.46. The van der Waals surface area contributed by atoms with E-state index in [2.05, 4.69) is 15.9 Å². The molecule has 0 amide bonds. The van der Waals surface area contributed by atoms with Crippen molar-refractivity contribution < 1.29 is 0 Å². The minimum atomic E-state index is 0.456. The van der Waals surface area contributed by atoms with Crippen LogP contribution in [0.25, 0.3) is 10.9 Å². The molecular formula is C9H5BrNS2-. The molecule has 0 aliphatic rings. The summed E-state index contributed by atoms with van der Waals surface area (Å²) >= 11 is 13.3. The van der Waals surface area contributed by atoms with Crippen LogP contribution in [-0.2, 0) is 12.6 Å². The summed E-state index contributed by atoms with van der Waals surface area (Å²) < 4.78 is 3.34. The molecule has 0 aliphatic heterocycles. The number of fused-ring (bicyclic) bond motifs is 1. The molecule has 0 spiro atoms. The molecule has 1 aromatic heterocycles. The first-order valence-electron chi connectivity index (χ1n) is 3.66. The summed E-state index contributed by atoms with van der Waals surface area (Å²) in [5, 5.41) is 1.14. The molecule has 0 N–H and O–H groups in total. The minimum Gasteiger partial charge on any atom is -0.411 e. The van der Waals surface area contributed by atoms with Gasteiger partial charge in [-0.25, -0.2) is 0 Å². The first kappa shape index (κ1) is 9.12. The molecule has 1 nitrogen and oxygen atoms in total. The third kappa shape index (κ3) is 1.61. The van der Waals surface area contributed by atoms with E-state index < -0.39 is 0 Å². The lowest BCUT2D eigenvalue weighted by Gasteiger charge is -2.08. The Balaban J connectivity index is 2.76. The molecule has 0 aliphatic carbocycles. The van der Waals surface area contributed by atoms with Crippen molar-refractivity contribution in [3.05, 3.63) is 34.9 Å². The van der Waals surface area contributed by atoms with Gasteiger partial charge in [0.2, 0.25) is 0 Å². The van der Waals surface area contributed by atoms with Crippen LogP contribution < -0.4 is 0 Å². The maximum Gasteiger partial charge on any atom is 0.0512 e. The third-order valence-corrected chi connectivity index (χ3v) is 2.74. The second-order valence-corrected chi connectivity index (χ2v) is 4.60. The Hall–Kier alpha value is -0.450. The molecule has 1 heterocycles. The van der Waals surface area contributed by atoms with Gasteiger partial charge in [0, 0.05) is 16.1 Å². The quantitative estimate of drug-likeness (QED) is 0.536. The van der Waals surface area contributed by atoms with Crippen LogP contribution in [0.1, 0.15) is 0 Å². The van der Waals surface area contributed by atoms with Crippen molar-refractivity contribution in [1.82, 2.24) is 4.57 Å². The van der Waals surface area contributed by atoms with Gasteiger partial charge in [0.25, 0.3) is 0 Å². The van der Waals surface area contributed by atoms with Crippen LogP contribution in [0.15, 0.2) is 34.9 Å². The fourth-order valence-corrected chi connectivity index (χ4v) is 1.97. The molecular weight excluding hydrogens is 266 g/mol. The number of hydrogen-bond acceptors (Lipinski definition) is 2. The Morgan fingerprint density at radius 3 is 2.85 bits per heavy atom. The SMILES string of the molecule is S=C([S-])n1ccc2cc(Br)ccc21. The van der Waals surface area contributed by atoms with E-state index in [0.29, 0.717) is 4.32 Å². The van der Waals surface area contributed by atoms with Crippen LogP contribution in [0.3, 0.4) is 0 Å². The summed E-state index contributed by atoms with van der Waals surface area (Å²) in [6.07, 6.45) is 1.90. The maximum absolute atomic E-state index is 4.94. The first-order valence-corrected chi connectivity index (χ1v) is 5.27. The fraction of sp³-hybridized carbons (Fsp3) is 0. The Kier molecular flexibility index (Phi) is 2.36. The standard InChI is InChI=1S/C9H6BrNS2/c10-7-1-2-8-6(5-7)3-4-11(8)9(12)13/h1-5H,(H,12,13)/p-1. The van der Waals surface area contributed by atoms with Crippen molar-refractivity contribution in [1.29, 1.82) is 0 Å². The second-order valence-electron chi connectivity index (χ2n) is 2.65. The second kappa shape index (κ2) is 3.36. The van der Waals surface area contributed by atoms with Gasteiger partial charge in [-0.3, -0.25) is 0 Å². The zero-order valence-corrected chi connectivity index (χ0v) is 9.75. The molecule has 0 unspecified atom stereocenters. The molecule has 0 saturated carbocycles. The Labute approximate surface area is 95.3 Å². The van der Waals surface area contributed by atoms with Crippen molar-refractivity contribution in [3.63, 3.8) is 0 Å². The molecule has 66 valence electrons. The maximum atomic E-state index is 4.94. The third-order valence-electron chi connectivity index (χ3n) is 1.85. The van der Waals surface area contributed by atoms with Crippen molar-refractivity contribution in [3.8, 4) is 0 Å². The normalized spacial score (nSPS) is 10.5. The molecule has 4 heteroatoms. The summed E-state index contributed by atoms with van der Waals surface area (Å²) in [4.78, 5) is 0. The predicted molar refractivity (Wildman–Crippen MR) is 65.0 cm³/mol. The highest BCUT2D eigenvalue weighted by Gasteiger charge is 1.98. The van der Waals surface area contributed by atoms with E-state index in [-0.39, 0.29) is 0 Å². The van der Waals surface area contributed by atoms with Crippen LogP contribution >= 0.6 is 28.1 Å².